The van der Waals surface area contributed by atoms with Crippen LogP contribution in [-0.2, 0) is 0 Å². The third-order valence-electron chi connectivity index (χ3n) is 4.11. The molecule has 0 radical (unpaired) electrons. The van der Waals surface area contributed by atoms with Gasteiger partial charge in [-0.1, -0.05) is 25.5 Å². The van der Waals surface area contributed by atoms with Crippen molar-refractivity contribution < 1.29 is 9.47 Å². The lowest BCUT2D eigenvalue weighted by Crippen LogP contribution is -2.21. The van der Waals surface area contributed by atoms with E-state index in [1.165, 1.54) is 0 Å². The second kappa shape index (κ2) is 6.67. The minimum atomic E-state index is -0.290. The number of aromatic nitrogens is 2. The first kappa shape index (κ1) is 15.9. The molecule has 3 rings (SSSR count). The summed E-state index contributed by atoms with van der Waals surface area (Å²) in [7, 11) is 0. The Balaban J connectivity index is 1.95. The Kier molecular flexibility index (Phi) is 4.43. The maximum atomic E-state index is 9.52. The molecule has 0 amide bonds. The summed E-state index contributed by atoms with van der Waals surface area (Å²) in [5.41, 5.74) is 8.90. The minimum Gasteiger partial charge on any atom is -0.494 e. The summed E-state index contributed by atoms with van der Waals surface area (Å²) < 4.78 is 11.2. The molecule has 0 bridgehead atoms. The summed E-state index contributed by atoms with van der Waals surface area (Å²) >= 11 is 0. The Morgan fingerprint density at radius 1 is 1.38 bits per heavy atom. The van der Waals surface area contributed by atoms with Crippen molar-refractivity contribution in [3.8, 4) is 17.7 Å². The molecule has 0 fully saturated rings. The van der Waals surface area contributed by atoms with E-state index in [-0.39, 0.29) is 11.8 Å². The van der Waals surface area contributed by atoms with Crippen LogP contribution in [0.1, 0.15) is 42.5 Å². The number of allylic oxidation sites excluding steroid dienone is 1. The Hall–Kier alpha value is -2.94. The van der Waals surface area contributed by atoms with Gasteiger partial charge in [0, 0.05) is 0 Å². The summed E-state index contributed by atoms with van der Waals surface area (Å²) in [6.07, 6.45) is 2.12. The fourth-order valence-corrected chi connectivity index (χ4v) is 2.83. The van der Waals surface area contributed by atoms with Crippen LogP contribution in [-0.4, -0.2) is 16.8 Å². The zero-order valence-corrected chi connectivity index (χ0v) is 13.8. The molecule has 1 aliphatic rings. The van der Waals surface area contributed by atoms with E-state index < -0.39 is 0 Å². The lowest BCUT2D eigenvalue weighted by Gasteiger charge is -2.24. The second-order valence-electron chi connectivity index (χ2n) is 5.75. The number of hydrogen-bond donors (Lipinski definition) is 2. The van der Waals surface area contributed by atoms with Gasteiger partial charge in [-0.05, 0) is 31.0 Å². The van der Waals surface area contributed by atoms with Crippen molar-refractivity contribution in [2.45, 2.75) is 32.6 Å². The molecule has 0 aliphatic carbocycles. The quantitative estimate of drug-likeness (QED) is 0.824. The topological polar surface area (TPSA) is 97.0 Å². The number of nitrogens with two attached hydrogens (primary N) is 1. The second-order valence-corrected chi connectivity index (χ2v) is 5.75. The molecule has 124 valence electrons. The minimum absolute atomic E-state index is 0.113. The van der Waals surface area contributed by atoms with Gasteiger partial charge in [0.15, 0.2) is 0 Å². The van der Waals surface area contributed by atoms with Gasteiger partial charge in [-0.15, -0.1) is 0 Å². The Morgan fingerprint density at radius 2 is 2.12 bits per heavy atom. The highest BCUT2D eigenvalue weighted by Gasteiger charge is 2.33. The maximum Gasteiger partial charge on any atom is 0.221 e. The highest BCUT2D eigenvalue weighted by Crippen LogP contribution is 2.42. The molecule has 1 unspecified atom stereocenters. The number of H-pyrrole nitrogens is 1. The average Bonchev–Trinajstić information content (AvgIpc) is 2.95. The van der Waals surface area contributed by atoms with Crippen LogP contribution >= 0.6 is 0 Å². The van der Waals surface area contributed by atoms with E-state index in [1.54, 1.807) is 0 Å². The van der Waals surface area contributed by atoms with Crippen LogP contribution in [0, 0.1) is 18.3 Å². The first-order valence-electron chi connectivity index (χ1n) is 8.01. The third kappa shape index (κ3) is 2.81. The molecule has 2 heterocycles. The van der Waals surface area contributed by atoms with Crippen LogP contribution in [0.3, 0.4) is 0 Å². The number of fused-ring (bicyclic) bond motifs is 1. The predicted molar refractivity (Wildman–Crippen MR) is 89.5 cm³/mol. The van der Waals surface area contributed by atoms with Crippen molar-refractivity contribution in [2.75, 3.05) is 6.61 Å². The molecule has 6 nitrogen and oxygen atoms in total. The summed E-state index contributed by atoms with van der Waals surface area (Å²) in [6, 6.07) is 9.92. The van der Waals surface area contributed by atoms with E-state index in [1.807, 2.05) is 31.2 Å². The van der Waals surface area contributed by atoms with Crippen molar-refractivity contribution in [1.82, 2.24) is 10.2 Å². The van der Waals surface area contributed by atoms with E-state index in [0.717, 1.165) is 35.4 Å². The fourth-order valence-electron chi connectivity index (χ4n) is 2.83. The number of unbranched alkanes of at least 4 members (excludes halogenated alkanes) is 1. The molecular formula is C18H20N4O2. The molecule has 0 spiro atoms. The average molecular weight is 324 g/mol. The van der Waals surface area contributed by atoms with Crippen molar-refractivity contribution in [3.63, 3.8) is 0 Å². The highest BCUT2D eigenvalue weighted by atomic mass is 16.5. The molecule has 0 saturated carbocycles. The standard InChI is InChI=1S/C18H20N4O2/c1-3-4-9-23-13-7-5-12(6-8-13)16-14(10-19)17(20)24-18-15(16)11(2)21-22-18/h5-8,16H,3-4,9,20H2,1-2H3,(H,21,22). The molecule has 1 aliphatic heterocycles. The van der Waals surface area contributed by atoms with Gasteiger partial charge in [0.2, 0.25) is 11.8 Å². The largest absolute Gasteiger partial charge is 0.494 e. The van der Waals surface area contributed by atoms with E-state index in [9.17, 15) is 5.26 Å². The van der Waals surface area contributed by atoms with Gasteiger partial charge in [-0.2, -0.15) is 10.4 Å². The first-order chi connectivity index (χ1) is 11.7. The molecule has 2 aromatic rings. The lowest BCUT2D eigenvalue weighted by atomic mass is 9.84. The van der Waals surface area contributed by atoms with Crippen LogP contribution in [0.4, 0.5) is 0 Å². The molecule has 6 heteroatoms. The highest BCUT2D eigenvalue weighted by molar-refractivity contribution is 5.55. The summed E-state index contributed by atoms with van der Waals surface area (Å²) in [4.78, 5) is 0. The smallest absolute Gasteiger partial charge is 0.221 e. The van der Waals surface area contributed by atoms with E-state index in [2.05, 4.69) is 23.2 Å². The summed E-state index contributed by atoms with van der Waals surface area (Å²) in [5, 5.41) is 16.5. The molecule has 1 aromatic carbocycles. The summed E-state index contributed by atoms with van der Waals surface area (Å²) in [5.74, 6) is 1.14. The number of ether oxygens (including phenoxy) is 2. The van der Waals surface area contributed by atoms with Crippen molar-refractivity contribution in [1.29, 1.82) is 5.26 Å². The van der Waals surface area contributed by atoms with Gasteiger partial charge >= 0.3 is 0 Å². The Labute approximate surface area is 140 Å². The maximum absolute atomic E-state index is 9.52. The molecule has 3 N–H and O–H groups in total. The van der Waals surface area contributed by atoms with Gasteiger partial charge in [-0.3, -0.25) is 0 Å². The zero-order chi connectivity index (χ0) is 17.1. The van der Waals surface area contributed by atoms with Crippen LogP contribution in [0.25, 0.3) is 0 Å². The molecule has 1 atom stereocenters. The fraction of sp³-hybridized carbons (Fsp3) is 0.333. The molecule has 24 heavy (non-hydrogen) atoms. The third-order valence-corrected chi connectivity index (χ3v) is 4.11. The van der Waals surface area contributed by atoms with Gasteiger partial charge < -0.3 is 15.2 Å². The van der Waals surface area contributed by atoms with Crippen molar-refractivity contribution in [2.24, 2.45) is 5.73 Å². The Bertz CT molecular complexity index is 799. The number of rotatable bonds is 5. The molecule has 1 aromatic heterocycles. The molecule has 0 saturated heterocycles. The number of aryl methyl sites for hydroxylation is 1. The number of nitrogens with zero attached hydrogens (tertiary/aromatic N) is 2. The number of hydrogen-bond acceptors (Lipinski definition) is 5. The van der Waals surface area contributed by atoms with Gasteiger partial charge in [-0.25, -0.2) is 5.10 Å². The van der Waals surface area contributed by atoms with Crippen molar-refractivity contribution in [3.05, 3.63) is 52.5 Å². The molecular weight excluding hydrogens is 304 g/mol. The van der Waals surface area contributed by atoms with Crippen molar-refractivity contribution >= 4 is 0 Å². The van der Waals surface area contributed by atoms with Gasteiger partial charge in [0.25, 0.3) is 0 Å². The zero-order valence-electron chi connectivity index (χ0n) is 13.8. The summed E-state index contributed by atoms with van der Waals surface area (Å²) in [6.45, 7) is 4.71. The van der Waals surface area contributed by atoms with Crippen LogP contribution < -0.4 is 15.2 Å². The number of aromatic amines is 1. The predicted octanol–water partition coefficient (Wildman–Crippen LogP) is 3.12. The van der Waals surface area contributed by atoms with E-state index >= 15 is 0 Å². The monoisotopic (exact) mass is 324 g/mol. The van der Waals surface area contributed by atoms with Gasteiger partial charge in [0.1, 0.15) is 17.4 Å². The normalized spacial score (nSPS) is 16.3. The van der Waals surface area contributed by atoms with Gasteiger partial charge in [0.05, 0.1) is 23.8 Å². The van der Waals surface area contributed by atoms with Crippen LogP contribution in [0.15, 0.2) is 35.7 Å². The lowest BCUT2D eigenvalue weighted by molar-refractivity contribution is 0.309. The SMILES string of the molecule is CCCCOc1ccc(C2C(C#N)=C(N)Oc3[nH]nc(C)c32)cc1. The number of nitrogens with one attached hydrogen (secondary N) is 1. The van der Waals surface area contributed by atoms with E-state index in [0.29, 0.717) is 18.1 Å². The van der Waals surface area contributed by atoms with E-state index in [4.69, 9.17) is 15.2 Å². The number of benzene rings is 1. The van der Waals surface area contributed by atoms with Crippen LogP contribution in [0.2, 0.25) is 0 Å². The Morgan fingerprint density at radius 3 is 2.79 bits per heavy atom. The number of nitriles is 1. The van der Waals surface area contributed by atoms with Crippen LogP contribution in [0.5, 0.6) is 11.6 Å². The first-order valence-corrected chi connectivity index (χ1v) is 8.01.